The van der Waals surface area contributed by atoms with Crippen molar-refractivity contribution in [2.45, 2.75) is 0 Å². The SMILES string of the molecule is C=C1COC(=O)c2ccccc21. The van der Waals surface area contributed by atoms with Crippen LogP contribution < -0.4 is 0 Å². The Morgan fingerprint density at radius 2 is 1.92 bits per heavy atom. The molecule has 0 N–H and O–H groups in total. The van der Waals surface area contributed by atoms with Crippen LogP contribution in [0.25, 0.3) is 5.57 Å². The first-order valence-electron chi connectivity index (χ1n) is 3.73. The third kappa shape index (κ3) is 0.925. The summed E-state index contributed by atoms with van der Waals surface area (Å²) in [6.07, 6.45) is 0. The zero-order chi connectivity index (χ0) is 8.55. The Bertz CT molecular complexity index is 318. The third-order valence-corrected chi connectivity index (χ3v) is 1.91. The van der Waals surface area contributed by atoms with E-state index < -0.39 is 0 Å². The average Bonchev–Trinajstić information content (AvgIpc) is 2.12. The van der Waals surface area contributed by atoms with Crippen molar-refractivity contribution in [2.75, 3.05) is 6.61 Å². The van der Waals surface area contributed by atoms with Gasteiger partial charge in [-0.05, 0) is 17.2 Å². The van der Waals surface area contributed by atoms with Crippen molar-refractivity contribution < 1.29 is 9.53 Å². The molecule has 0 aliphatic carbocycles. The zero-order valence-electron chi connectivity index (χ0n) is 6.54. The van der Waals surface area contributed by atoms with Crippen LogP contribution >= 0.6 is 0 Å². The van der Waals surface area contributed by atoms with Crippen LogP contribution in [0.15, 0.2) is 30.8 Å². The minimum atomic E-state index is -0.252. The van der Waals surface area contributed by atoms with Crippen molar-refractivity contribution in [3.05, 3.63) is 42.0 Å². The van der Waals surface area contributed by atoms with Gasteiger partial charge in [-0.3, -0.25) is 0 Å². The Hall–Kier alpha value is -1.57. The van der Waals surface area contributed by atoms with E-state index in [4.69, 9.17) is 4.74 Å². The molecule has 0 aromatic heterocycles. The van der Waals surface area contributed by atoms with Crippen LogP contribution in [0.5, 0.6) is 0 Å². The predicted molar refractivity (Wildman–Crippen MR) is 45.8 cm³/mol. The number of rotatable bonds is 0. The van der Waals surface area contributed by atoms with Gasteiger partial charge in [-0.25, -0.2) is 4.79 Å². The molecule has 0 unspecified atom stereocenters. The van der Waals surface area contributed by atoms with Crippen LogP contribution in [0.3, 0.4) is 0 Å². The second-order valence-electron chi connectivity index (χ2n) is 2.73. The Kier molecular flexibility index (Phi) is 1.47. The number of esters is 1. The van der Waals surface area contributed by atoms with E-state index in [2.05, 4.69) is 6.58 Å². The van der Waals surface area contributed by atoms with Crippen molar-refractivity contribution in [3.8, 4) is 0 Å². The lowest BCUT2D eigenvalue weighted by Gasteiger charge is -2.16. The van der Waals surface area contributed by atoms with Crippen molar-refractivity contribution >= 4 is 11.5 Å². The number of ether oxygens (including phenoxy) is 1. The summed E-state index contributed by atoms with van der Waals surface area (Å²) in [5.41, 5.74) is 2.40. The molecule has 0 saturated carbocycles. The molecular weight excluding hydrogens is 152 g/mol. The number of hydrogen-bond donors (Lipinski definition) is 0. The fourth-order valence-electron chi connectivity index (χ4n) is 1.28. The van der Waals surface area contributed by atoms with E-state index in [0.29, 0.717) is 12.2 Å². The predicted octanol–water partition coefficient (Wildman–Crippen LogP) is 1.87. The van der Waals surface area contributed by atoms with E-state index >= 15 is 0 Å². The van der Waals surface area contributed by atoms with Gasteiger partial charge in [-0.15, -0.1) is 0 Å². The zero-order valence-corrected chi connectivity index (χ0v) is 6.54. The first kappa shape index (κ1) is 7.10. The largest absolute Gasteiger partial charge is 0.457 e. The van der Waals surface area contributed by atoms with Gasteiger partial charge in [0.1, 0.15) is 6.61 Å². The second kappa shape index (κ2) is 2.48. The molecule has 0 spiro atoms. The monoisotopic (exact) mass is 160 g/mol. The molecule has 60 valence electrons. The molecule has 0 fully saturated rings. The van der Waals surface area contributed by atoms with Gasteiger partial charge in [0.2, 0.25) is 0 Å². The number of hydrogen-bond acceptors (Lipinski definition) is 2. The van der Waals surface area contributed by atoms with Crippen molar-refractivity contribution in [1.82, 2.24) is 0 Å². The number of carbonyl (C=O) groups excluding carboxylic acids is 1. The maximum atomic E-state index is 11.2. The van der Waals surface area contributed by atoms with Gasteiger partial charge in [-0.1, -0.05) is 24.8 Å². The minimum absolute atomic E-state index is 0.252. The summed E-state index contributed by atoms with van der Waals surface area (Å²) in [7, 11) is 0. The smallest absolute Gasteiger partial charge is 0.339 e. The summed E-state index contributed by atoms with van der Waals surface area (Å²) >= 11 is 0. The summed E-state index contributed by atoms with van der Waals surface area (Å²) < 4.78 is 4.88. The van der Waals surface area contributed by atoms with Gasteiger partial charge in [-0.2, -0.15) is 0 Å². The lowest BCUT2D eigenvalue weighted by atomic mass is 10.00. The maximum absolute atomic E-state index is 11.2. The molecule has 1 aliphatic rings. The first-order valence-corrected chi connectivity index (χ1v) is 3.73. The van der Waals surface area contributed by atoms with Gasteiger partial charge >= 0.3 is 5.97 Å². The number of benzene rings is 1. The second-order valence-corrected chi connectivity index (χ2v) is 2.73. The standard InChI is InChI=1S/C10H8O2/c1-7-6-12-10(11)9-5-3-2-4-8(7)9/h2-5H,1,6H2. The van der Waals surface area contributed by atoms with E-state index in [9.17, 15) is 4.79 Å². The number of cyclic esters (lactones) is 1. The molecule has 0 radical (unpaired) electrons. The van der Waals surface area contributed by atoms with Crippen LogP contribution in [0.4, 0.5) is 0 Å². The third-order valence-electron chi connectivity index (χ3n) is 1.91. The molecule has 0 atom stereocenters. The lowest BCUT2D eigenvalue weighted by molar-refractivity contribution is 0.0543. The van der Waals surface area contributed by atoms with E-state index in [1.807, 2.05) is 18.2 Å². The molecule has 1 aromatic carbocycles. The highest BCUT2D eigenvalue weighted by Crippen LogP contribution is 2.23. The highest BCUT2D eigenvalue weighted by molar-refractivity contribution is 5.98. The lowest BCUT2D eigenvalue weighted by Crippen LogP contribution is -2.15. The summed E-state index contributed by atoms with van der Waals surface area (Å²) in [5, 5.41) is 0. The normalized spacial score (nSPS) is 15.3. The van der Waals surface area contributed by atoms with E-state index in [1.54, 1.807) is 6.07 Å². The van der Waals surface area contributed by atoms with Gasteiger partial charge in [0.05, 0.1) is 5.56 Å². The van der Waals surface area contributed by atoms with Gasteiger partial charge in [0.15, 0.2) is 0 Å². The Morgan fingerprint density at radius 1 is 1.25 bits per heavy atom. The first-order chi connectivity index (χ1) is 5.79. The molecule has 2 rings (SSSR count). The summed E-state index contributed by atoms with van der Waals surface area (Å²) in [6.45, 7) is 4.13. The molecule has 0 amide bonds. The summed E-state index contributed by atoms with van der Waals surface area (Å²) in [4.78, 5) is 11.2. The highest BCUT2D eigenvalue weighted by atomic mass is 16.5. The van der Waals surface area contributed by atoms with Gasteiger partial charge in [0, 0.05) is 0 Å². The summed E-state index contributed by atoms with van der Waals surface area (Å²) in [5.74, 6) is -0.252. The highest BCUT2D eigenvalue weighted by Gasteiger charge is 2.19. The van der Waals surface area contributed by atoms with E-state index in [0.717, 1.165) is 11.1 Å². The van der Waals surface area contributed by atoms with Crippen LogP contribution in [0, 0.1) is 0 Å². The van der Waals surface area contributed by atoms with Crippen LogP contribution in [0.1, 0.15) is 15.9 Å². The molecule has 1 aliphatic heterocycles. The molecule has 1 aromatic rings. The summed E-state index contributed by atoms with van der Waals surface area (Å²) in [6, 6.07) is 7.35. The molecule has 1 heterocycles. The molecule has 12 heavy (non-hydrogen) atoms. The molecular formula is C10H8O2. The topological polar surface area (TPSA) is 26.3 Å². The van der Waals surface area contributed by atoms with Crippen molar-refractivity contribution in [2.24, 2.45) is 0 Å². The van der Waals surface area contributed by atoms with Gasteiger partial charge < -0.3 is 4.74 Å². The Labute approximate surface area is 70.5 Å². The molecule has 2 heteroatoms. The molecule has 0 bridgehead atoms. The molecule has 0 saturated heterocycles. The quantitative estimate of drug-likeness (QED) is 0.541. The minimum Gasteiger partial charge on any atom is -0.457 e. The Morgan fingerprint density at radius 3 is 2.58 bits per heavy atom. The maximum Gasteiger partial charge on any atom is 0.339 e. The van der Waals surface area contributed by atoms with Crippen molar-refractivity contribution in [1.29, 1.82) is 0 Å². The fraction of sp³-hybridized carbons (Fsp3) is 0.100. The molecule has 2 nitrogen and oxygen atoms in total. The van der Waals surface area contributed by atoms with E-state index in [-0.39, 0.29) is 5.97 Å². The van der Waals surface area contributed by atoms with Crippen LogP contribution in [0.2, 0.25) is 0 Å². The van der Waals surface area contributed by atoms with E-state index in [1.165, 1.54) is 0 Å². The average molecular weight is 160 g/mol. The number of fused-ring (bicyclic) bond motifs is 1. The van der Waals surface area contributed by atoms with Crippen LogP contribution in [-0.4, -0.2) is 12.6 Å². The van der Waals surface area contributed by atoms with Crippen LogP contribution in [-0.2, 0) is 4.74 Å². The fourth-order valence-corrected chi connectivity index (χ4v) is 1.28. The van der Waals surface area contributed by atoms with Crippen molar-refractivity contribution in [3.63, 3.8) is 0 Å². The Balaban J connectivity index is 2.62. The van der Waals surface area contributed by atoms with Gasteiger partial charge in [0.25, 0.3) is 0 Å². The number of carbonyl (C=O) groups is 1.